The Morgan fingerprint density at radius 2 is 2.09 bits per heavy atom. The molecule has 4 nitrogen and oxygen atoms in total. The van der Waals surface area contributed by atoms with Gasteiger partial charge < -0.3 is 11.1 Å². The zero-order valence-electron chi connectivity index (χ0n) is 12.1. The van der Waals surface area contributed by atoms with Gasteiger partial charge in [0.1, 0.15) is 11.6 Å². The maximum atomic E-state index is 13.7. The van der Waals surface area contributed by atoms with Crippen LogP contribution in [0.1, 0.15) is 11.3 Å². The second-order valence-corrected chi connectivity index (χ2v) is 5.01. The van der Waals surface area contributed by atoms with Gasteiger partial charge in [-0.3, -0.25) is 4.98 Å². The van der Waals surface area contributed by atoms with Gasteiger partial charge in [-0.15, -0.1) is 0 Å². The predicted molar refractivity (Wildman–Crippen MR) is 87.2 cm³/mol. The molecule has 0 saturated carbocycles. The van der Waals surface area contributed by atoms with E-state index in [-0.39, 0.29) is 5.70 Å². The zero-order valence-corrected chi connectivity index (χ0v) is 12.1. The fraction of sp³-hybridized carbons (Fsp3) is 0.0588. The first kappa shape index (κ1) is 14.0. The molecule has 0 unspecified atom stereocenters. The summed E-state index contributed by atoms with van der Waals surface area (Å²) >= 11 is 0. The van der Waals surface area contributed by atoms with E-state index in [9.17, 15) is 4.39 Å². The number of nitrogens with zero attached hydrogens (tertiary/aromatic N) is 2. The fourth-order valence-corrected chi connectivity index (χ4v) is 2.21. The first-order chi connectivity index (χ1) is 10.5. The number of hydrogen-bond donors (Lipinski definition) is 2. The van der Waals surface area contributed by atoms with Gasteiger partial charge in [0.25, 0.3) is 0 Å². The van der Waals surface area contributed by atoms with Gasteiger partial charge in [-0.2, -0.15) is 0 Å². The van der Waals surface area contributed by atoms with Gasteiger partial charge in [0, 0.05) is 28.5 Å². The lowest BCUT2D eigenvalue weighted by Gasteiger charge is -2.13. The van der Waals surface area contributed by atoms with E-state index in [0.29, 0.717) is 17.1 Å². The molecule has 1 aromatic carbocycles. The molecule has 3 rings (SSSR count). The number of halogens is 1. The van der Waals surface area contributed by atoms with Gasteiger partial charge in [-0.1, -0.05) is 12.6 Å². The Balaban J connectivity index is 2.04. The average Bonchev–Trinajstić information content (AvgIpc) is 2.50. The molecule has 0 radical (unpaired) electrons. The molecule has 5 heteroatoms. The van der Waals surface area contributed by atoms with Crippen molar-refractivity contribution in [2.24, 2.45) is 5.73 Å². The lowest BCUT2D eigenvalue weighted by molar-refractivity contribution is 0.609. The van der Waals surface area contributed by atoms with Crippen LogP contribution in [0.4, 0.5) is 15.9 Å². The van der Waals surface area contributed by atoms with E-state index in [0.717, 1.165) is 16.6 Å². The van der Waals surface area contributed by atoms with Gasteiger partial charge >= 0.3 is 0 Å². The normalized spacial score (nSPS) is 10.6. The number of rotatable bonds is 3. The van der Waals surface area contributed by atoms with Crippen LogP contribution in [-0.4, -0.2) is 9.97 Å². The maximum Gasteiger partial charge on any atom is 0.145 e. The predicted octanol–water partition coefficient (Wildman–Crippen LogP) is 3.75. The number of hydrogen-bond acceptors (Lipinski definition) is 4. The molecular formula is C17H15FN4. The first-order valence-electron chi connectivity index (χ1n) is 6.78. The minimum Gasteiger partial charge on any atom is -0.399 e. The highest BCUT2D eigenvalue weighted by Gasteiger charge is 2.11. The van der Waals surface area contributed by atoms with Crippen LogP contribution < -0.4 is 11.1 Å². The molecule has 2 heterocycles. The highest BCUT2D eigenvalue weighted by Crippen LogP contribution is 2.26. The summed E-state index contributed by atoms with van der Waals surface area (Å²) in [6, 6.07) is 10.9. The van der Waals surface area contributed by atoms with Crippen LogP contribution in [0, 0.1) is 12.7 Å². The van der Waals surface area contributed by atoms with E-state index in [2.05, 4.69) is 21.9 Å². The van der Waals surface area contributed by atoms with Crippen LogP contribution in [0.2, 0.25) is 0 Å². The van der Waals surface area contributed by atoms with Crippen molar-refractivity contribution < 1.29 is 4.39 Å². The molecule has 0 aliphatic rings. The number of aryl methyl sites for hydroxylation is 1. The van der Waals surface area contributed by atoms with E-state index in [1.54, 1.807) is 13.1 Å². The average molecular weight is 294 g/mol. The third-order valence-corrected chi connectivity index (χ3v) is 3.36. The van der Waals surface area contributed by atoms with Crippen molar-refractivity contribution in [3.8, 4) is 0 Å². The highest BCUT2D eigenvalue weighted by atomic mass is 19.1. The summed E-state index contributed by atoms with van der Waals surface area (Å²) in [4.78, 5) is 8.50. The molecule has 0 atom stereocenters. The number of fused-ring (bicyclic) bond motifs is 1. The van der Waals surface area contributed by atoms with Crippen molar-refractivity contribution in [1.29, 1.82) is 0 Å². The van der Waals surface area contributed by atoms with Gasteiger partial charge in [0.05, 0.1) is 11.2 Å². The van der Waals surface area contributed by atoms with Gasteiger partial charge in [-0.25, -0.2) is 9.37 Å². The molecular weight excluding hydrogens is 279 g/mol. The van der Waals surface area contributed by atoms with Gasteiger partial charge in [-0.05, 0) is 37.3 Å². The van der Waals surface area contributed by atoms with Gasteiger partial charge in [0.15, 0.2) is 0 Å². The SMILES string of the molecule is C=C(N)c1cc(F)c(C)nc1Nc1ccc2ncccc2c1. The van der Waals surface area contributed by atoms with Crippen LogP contribution in [0.5, 0.6) is 0 Å². The number of nitrogens with one attached hydrogen (secondary N) is 1. The quantitative estimate of drug-likeness (QED) is 0.772. The van der Waals surface area contributed by atoms with Crippen molar-refractivity contribution >= 4 is 28.1 Å². The van der Waals surface area contributed by atoms with Gasteiger partial charge in [0.2, 0.25) is 0 Å². The molecule has 0 aliphatic carbocycles. The summed E-state index contributed by atoms with van der Waals surface area (Å²) in [7, 11) is 0. The Morgan fingerprint density at radius 3 is 2.86 bits per heavy atom. The van der Waals surface area contributed by atoms with E-state index >= 15 is 0 Å². The topological polar surface area (TPSA) is 63.8 Å². The minimum atomic E-state index is -0.408. The molecule has 0 amide bonds. The van der Waals surface area contributed by atoms with Crippen LogP contribution >= 0.6 is 0 Å². The number of benzene rings is 1. The standard InChI is InChI=1S/C17H15FN4/c1-10(19)14-9-15(18)11(2)21-17(14)22-13-5-6-16-12(8-13)4-3-7-20-16/h3-9H,1,19H2,2H3,(H,21,22). The van der Waals surface area contributed by atoms with Crippen molar-refractivity contribution in [3.05, 3.63) is 66.2 Å². The number of anilines is 2. The van der Waals surface area contributed by atoms with E-state index in [1.807, 2.05) is 30.3 Å². The Labute approximate surface area is 127 Å². The van der Waals surface area contributed by atoms with Crippen molar-refractivity contribution in [1.82, 2.24) is 9.97 Å². The lowest BCUT2D eigenvalue weighted by atomic mass is 10.1. The third-order valence-electron chi connectivity index (χ3n) is 3.36. The van der Waals surface area contributed by atoms with E-state index in [1.165, 1.54) is 6.07 Å². The maximum absolute atomic E-state index is 13.7. The third kappa shape index (κ3) is 2.61. The van der Waals surface area contributed by atoms with Crippen molar-refractivity contribution in [2.75, 3.05) is 5.32 Å². The highest BCUT2D eigenvalue weighted by molar-refractivity contribution is 5.84. The number of pyridine rings is 2. The summed E-state index contributed by atoms with van der Waals surface area (Å²) in [6.45, 7) is 5.27. The molecule has 0 spiro atoms. The second-order valence-electron chi connectivity index (χ2n) is 5.01. The van der Waals surface area contributed by atoms with Crippen LogP contribution in [0.15, 0.2) is 49.2 Å². The number of aromatic nitrogens is 2. The second kappa shape index (κ2) is 5.44. The Hall–Kier alpha value is -2.95. The fourth-order valence-electron chi connectivity index (χ4n) is 2.21. The molecule has 110 valence electrons. The van der Waals surface area contributed by atoms with Crippen LogP contribution in [0.3, 0.4) is 0 Å². The summed E-state index contributed by atoms with van der Waals surface area (Å²) in [5, 5.41) is 4.17. The Bertz CT molecular complexity index is 874. The molecule has 3 N–H and O–H groups in total. The summed E-state index contributed by atoms with van der Waals surface area (Å²) in [5.41, 5.74) is 8.46. The first-order valence-corrected chi connectivity index (χ1v) is 6.78. The molecule has 0 saturated heterocycles. The molecule has 0 aliphatic heterocycles. The Morgan fingerprint density at radius 1 is 1.27 bits per heavy atom. The van der Waals surface area contributed by atoms with Crippen LogP contribution in [-0.2, 0) is 0 Å². The van der Waals surface area contributed by atoms with Crippen LogP contribution in [0.25, 0.3) is 16.6 Å². The summed E-state index contributed by atoms with van der Waals surface area (Å²) in [6.07, 6.45) is 1.75. The zero-order chi connectivity index (χ0) is 15.7. The summed E-state index contributed by atoms with van der Waals surface area (Å²) in [5.74, 6) is 0.0736. The number of nitrogens with two attached hydrogens (primary N) is 1. The molecule has 3 aromatic rings. The molecule has 2 aromatic heterocycles. The Kier molecular flexibility index (Phi) is 3.47. The smallest absolute Gasteiger partial charge is 0.145 e. The lowest BCUT2D eigenvalue weighted by Crippen LogP contribution is -2.05. The largest absolute Gasteiger partial charge is 0.399 e. The van der Waals surface area contributed by atoms with Crippen molar-refractivity contribution in [2.45, 2.75) is 6.92 Å². The summed E-state index contributed by atoms with van der Waals surface area (Å²) < 4.78 is 13.7. The van der Waals surface area contributed by atoms with E-state index < -0.39 is 5.82 Å². The van der Waals surface area contributed by atoms with Crippen molar-refractivity contribution in [3.63, 3.8) is 0 Å². The minimum absolute atomic E-state index is 0.261. The van der Waals surface area contributed by atoms with E-state index in [4.69, 9.17) is 5.73 Å². The monoisotopic (exact) mass is 294 g/mol. The molecule has 0 bridgehead atoms. The molecule has 0 fully saturated rings. The molecule has 22 heavy (non-hydrogen) atoms.